The third-order valence-electron chi connectivity index (χ3n) is 2.55. The first-order valence-corrected chi connectivity index (χ1v) is 6.85. The summed E-state index contributed by atoms with van der Waals surface area (Å²) in [5, 5.41) is 4.10. The summed E-state index contributed by atoms with van der Waals surface area (Å²) in [4.78, 5) is 23.4. The maximum atomic E-state index is 13.3. The molecule has 0 spiro atoms. The number of halogens is 2. The lowest BCUT2D eigenvalue weighted by Crippen LogP contribution is -2.28. The van der Waals surface area contributed by atoms with Crippen LogP contribution < -0.4 is 5.32 Å². The van der Waals surface area contributed by atoms with Crippen LogP contribution in [0.5, 0.6) is 0 Å². The molecule has 0 unspecified atom stereocenters. The molecule has 1 aromatic heterocycles. The van der Waals surface area contributed by atoms with Gasteiger partial charge in [-0.2, -0.15) is 0 Å². The second-order valence-electron chi connectivity index (χ2n) is 4.07. The van der Waals surface area contributed by atoms with Gasteiger partial charge < -0.3 is 10.1 Å². The van der Waals surface area contributed by atoms with E-state index in [9.17, 15) is 18.4 Å². The largest absolute Gasteiger partial charge is 0.451 e. The molecule has 0 radical (unpaired) electrons. The number of carbonyl (C=O) groups excluding carboxylic acids is 2. The Morgan fingerprint density at radius 3 is 2.71 bits per heavy atom. The Morgan fingerprint density at radius 1 is 1.24 bits per heavy atom. The molecule has 2 aromatic rings. The molecule has 0 saturated heterocycles. The second-order valence-corrected chi connectivity index (χ2v) is 5.01. The summed E-state index contributed by atoms with van der Waals surface area (Å²) in [6.07, 6.45) is 0. The van der Waals surface area contributed by atoms with Crippen molar-refractivity contribution in [1.29, 1.82) is 0 Å². The van der Waals surface area contributed by atoms with Crippen LogP contribution in [0, 0.1) is 11.6 Å². The summed E-state index contributed by atoms with van der Waals surface area (Å²) < 4.78 is 30.8. The number of esters is 1. The van der Waals surface area contributed by atoms with Gasteiger partial charge in [-0.25, -0.2) is 13.6 Å². The first-order chi connectivity index (χ1) is 10.1. The van der Waals surface area contributed by atoms with E-state index in [-0.39, 0.29) is 12.1 Å². The zero-order valence-corrected chi connectivity index (χ0v) is 11.6. The lowest BCUT2D eigenvalue weighted by Gasteiger charge is -2.07. The minimum Gasteiger partial charge on any atom is -0.451 e. The number of hydrogen-bond donors (Lipinski definition) is 1. The van der Waals surface area contributed by atoms with Crippen LogP contribution >= 0.6 is 11.3 Å². The lowest BCUT2D eigenvalue weighted by atomic mass is 10.2. The number of thiophene rings is 1. The van der Waals surface area contributed by atoms with E-state index < -0.39 is 30.1 Å². The van der Waals surface area contributed by atoms with E-state index in [1.807, 2.05) is 0 Å². The summed E-state index contributed by atoms with van der Waals surface area (Å²) >= 11 is 1.20. The summed E-state index contributed by atoms with van der Waals surface area (Å²) in [5.41, 5.74) is 0.148. The van der Waals surface area contributed by atoms with Gasteiger partial charge in [-0.05, 0) is 17.5 Å². The van der Waals surface area contributed by atoms with E-state index in [1.165, 1.54) is 17.4 Å². The molecule has 7 heteroatoms. The van der Waals surface area contributed by atoms with Crippen molar-refractivity contribution < 1.29 is 23.1 Å². The van der Waals surface area contributed by atoms with Crippen LogP contribution in [0.1, 0.15) is 15.2 Å². The number of rotatable bonds is 5. The standard InChI is InChI=1S/C14H11F2NO3S/c15-10-4-3-9(11(16)6-10)7-17-13(18)8-20-14(19)12-2-1-5-21-12/h1-6H,7-8H2,(H,17,18). The molecule has 0 fully saturated rings. The number of nitrogens with one attached hydrogen (secondary N) is 1. The van der Waals surface area contributed by atoms with Gasteiger partial charge in [-0.15, -0.1) is 11.3 Å². The van der Waals surface area contributed by atoms with Gasteiger partial charge in [-0.1, -0.05) is 12.1 Å². The van der Waals surface area contributed by atoms with Crippen LogP contribution in [-0.4, -0.2) is 18.5 Å². The van der Waals surface area contributed by atoms with Gasteiger partial charge in [0.15, 0.2) is 6.61 Å². The van der Waals surface area contributed by atoms with Crippen molar-refractivity contribution in [3.8, 4) is 0 Å². The Morgan fingerprint density at radius 2 is 2.05 bits per heavy atom. The van der Waals surface area contributed by atoms with Crippen molar-refractivity contribution in [2.45, 2.75) is 6.54 Å². The van der Waals surface area contributed by atoms with Crippen LogP contribution in [-0.2, 0) is 16.1 Å². The maximum Gasteiger partial charge on any atom is 0.348 e. The molecule has 0 saturated carbocycles. The zero-order chi connectivity index (χ0) is 15.2. The Balaban J connectivity index is 1.78. The van der Waals surface area contributed by atoms with Crippen molar-refractivity contribution in [3.05, 3.63) is 57.8 Å². The van der Waals surface area contributed by atoms with Crippen molar-refractivity contribution in [2.75, 3.05) is 6.61 Å². The highest BCUT2D eigenvalue weighted by atomic mass is 32.1. The average molecular weight is 311 g/mol. The monoisotopic (exact) mass is 311 g/mol. The van der Waals surface area contributed by atoms with Gasteiger partial charge in [-0.3, -0.25) is 4.79 Å². The quantitative estimate of drug-likeness (QED) is 0.863. The molecule has 2 rings (SSSR count). The van der Waals surface area contributed by atoms with Gasteiger partial charge in [0.1, 0.15) is 16.5 Å². The average Bonchev–Trinajstić information content (AvgIpc) is 2.98. The van der Waals surface area contributed by atoms with Gasteiger partial charge in [0.2, 0.25) is 0 Å². The van der Waals surface area contributed by atoms with Crippen LogP contribution in [0.15, 0.2) is 35.7 Å². The highest BCUT2D eigenvalue weighted by Gasteiger charge is 2.11. The number of benzene rings is 1. The van der Waals surface area contributed by atoms with Crippen LogP contribution in [0.3, 0.4) is 0 Å². The van der Waals surface area contributed by atoms with Crippen LogP contribution in [0.4, 0.5) is 8.78 Å². The number of amides is 1. The fourth-order valence-corrected chi connectivity index (χ4v) is 2.12. The molecule has 110 valence electrons. The van der Waals surface area contributed by atoms with Crippen LogP contribution in [0.2, 0.25) is 0 Å². The molecule has 0 aliphatic rings. The molecule has 21 heavy (non-hydrogen) atoms. The molecular formula is C14H11F2NO3S. The Labute approximate surface area is 123 Å². The Hall–Kier alpha value is -2.28. The van der Waals surface area contributed by atoms with E-state index in [0.717, 1.165) is 12.1 Å². The number of carbonyl (C=O) groups is 2. The Bertz CT molecular complexity index is 644. The highest BCUT2D eigenvalue weighted by molar-refractivity contribution is 7.11. The SMILES string of the molecule is O=C(COC(=O)c1cccs1)NCc1ccc(F)cc1F. The number of ether oxygens (including phenoxy) is 1. The predicted molar refractivity (Wildman–Crippen MR) is 72.8 cm³/mol. The molecule has 0 atom stereocenters. The van der Waals surface area contributed by atoms with E-state index in [1.54, 1.807) is 17.5 Å². The third-order valence-corrected chi connectivity index (χ3v) is 3.40. The third kappa shape index (κ3) is 4.35. The van der Waals surface area contributed by atoms with E-state index in [0.29, 0.717) is 4.88 Å². The molecular weight excluding hydrogens is 300 g/mol. The first kappa shape index (κ1) is 15.1. The zero-order valence-electron chi connectivity index (χ0n) is 10.8. The number of hydrogen-bond acceptors (Lipinski definition) is 4. The minimum atomic E-state index is -0.745. The van der Waals surface area contributed by atoms with Gasteiger partial charge in [0.05, 0.1) is 0 Å². The van der Waals surface area contributed by atoms with E-state index >= 15 is 0 Å². The summed E-state index contributed by atoms with van der Waals surface area (Å²) in [6.45, 7) is -0.568. The summed E-state index contributed by atoms with van der Waals surface area (Å²) in [7, 11) is 0. The van der Waals surface area contributed by atoms with Crippen molar-refractivity contribution in [1.82, 2.24) is 5.32 Å². The van der Waals surface area contributed by atoms with Crippen molar-refractivity contribution in [2.24, 2.45) is 0 Å². The van der Waals surface area contributed by atoms with Gasteiger partial charge in [0, 0.05) is 18.2 Å². The van der Waals surface area contributed by atoms with E-state index in [2.05, 4.69) is 5.32 Å². The lowest BCUT2D eigenvalue weighted by molar-refractivity contribution is -0.124. The van der Waals surface area contributed by atoms with Crippen molar-refractivity contribution in [3.63, 3.8) is 0 Å². The topological polar surface area (TPSA) is 55.4 Å². The maximum absolute atomic E-state index is 13.3. The first-order valence-electron chi connectivity index (χ1n) is 5.97. The molecule has 1 heterocycles. The van der Waals surface area contributed by atoms with Gasteiger partial charge >= 0.3 is 5.97 Å². The molecule has 0 aliphatic carbocycles. The molecule has 0 bridgehead atoms. The van der Waals surface area contributed by atoms with Gasteiger partial charge in [0.25, 0.3) is 5.91 Å². The molecule has 1 amide bonds. The smallest absolute Gasteiger partial charge is 0.348 e. The Kier molecular flexibility index (Phi) is 4.99. The summed E-state index contributed by atoms with van der Waals surface area (Å²) in [5.74, 6) is -2.59. The van der Waals surface area contributed by atoms with Crippen LogP contribution in [0.25, 0.3) is 0 Å². The van der Waals surface area contributed by atoms with Crippen molar-refractivity contribution >= 4 is 23.2 Å². The molecule has 1 aromatic carbocycles. The highest BCUT2D eigenvalue weighted by Crippen LogP contribution is 2.10. The molecule has 0 aliphatic heterocycles. The van der Waals surface area contributed by atoms with E-state index in [4.69, 9.17) is 4.74 Å². The fourth-order valence-electron chi connectivity index (χ4n) is 1.51. The molecule has 1 N–H and O–H groups in total. The molecule has 4 nitrogen and oxygen atoms in total. The minimum absolute atomic E-state index is 0.110. The second kappa shape index (κ2) is 6.94. The summed E-state index contributed by atoms with van der Waals surface area (Å²) in [6, 6.07) is 6.35. The normalized spacial score (nSPS) is 10.2. The predicted octanol–water partition coefficient (Wildman–Crippen LogP) is 2.50. The fraction of sp³-hybridized carbons (Fsp3) is 0.143.